The summed E-state index contributed by atoms with van der Waals surface area (Å²) in [6.07, 6.45) is 1.42. The maximum absolute atomic E-state index is 4.57. The monoisotopic (exact) mass is 101 g/mol. The molecule has 0 unspecified atom stereocenters. The lowest BCUT2D eigenvalue weighted by Gasteiger charge is -2.04. The molecule has 4 nitrogen and oxygen atoms in total. The highest BCUT2D eigenvalue weighted by Gasteiger charge is 2.02. The summed E-state index contributed by atoms with van der Waals surface area (Å²) in [5, 5.41) is 1.14. The molecule has 1 rings (SSSR count). The molecule has 39 valence electrons. The summed E-state index contributed by atoms with van der Waals surface area (Å²) in [5.74, 6) is 0. The summed E-state index contributed by atoms with van der Waals surface area (Å²) < 4.78 is 0. The molecule has 0 aliphatic carbocycles. The number of aliphatic imine (C=N–C) groups is 1. The fourth-order valence-electron chi connectivity index (χ4n) is 0.273. The van der Waals surface area contributed by atoms with Crippen molar-refractivity contribution in [3.05, 3.63) is 6.73 Å². The van der Waals surface area contributed by atoms with Crippen LogP contribution >= 0.6 is 0 Å². The van der Waals surface area contributed by atoms with Crippen LogP contribution in [0.1, 0.15) is 0 Å². The Labute approximate surface area is 41.3 Å². The number of hydrogen-bond donors (Lipinski definition) is 0. The molecule has 0 saturated carbocycles. The molecule has 0 amide bonds. The highest BCUT2D eigenvalue weighted by Crippen LogP contribution is 1.97. The molecule has 0 spiro atoms. The van der Waals surface area contributed by atoms with Gasteiger partial charge >= 0.3 is 0 Å². The van der Waals surface area contributed by atoms with Crippen LogP contribution in [0.25, 0.3) is 0 Å². The van der Waals surface area contributed by atoms with E-state index in [1.807, 2.05) is 0 Å². The predicted octanol–water partition coefficient (Wildman–Crippen LogP) is -0.0574. The molecule has 7 heavy (non-hydrogen) atoms. The van der Waals surface area contributed by atoms with Gasteiger partial charge in [0.15, 0.2) is 0 Å². The van der Waals surface area contributed by atoms with Crippen molar-refractivity contribution in [1.29, 1.82) is 0 Å². The average Bonchev–Trinajstić information content (AvgIpc) is 2.14. The van der Waals surface area contributed by atoms with E-state index in [2.05, 4.69) is 14.7 Å². The minimum Gasteiger partial charge on any atom is -0.251 e. The minimum absolute atomic E-state index is 1.14. The van der Waals surface area contributed by atoms with Crippen LogP contribution in [-0.2, 0) is 9.68 Å². The zero-order chi connectivity index (χ0) is 5.11. The molecule has 0 N–H and O–H groups in total. The molecule has 0 bridgehead atoms. The highest BCUT2D eigenvalue weighted by atomic mass is 17.0. The van der Waals surface area contributed by atoms with Crippen molar-refractivity contribution >= 4 is 6.34 Å². The van der Waals surface area contributed by atoms with Gasteiger partial charge < -0.3 is 0 Å². The lowest BCUT2D eigenvalue weighted by molar-refractivity contribution is -0.269. The molecule has 1 heterocycles. The van der Waals surface area contributed by atoms with Gasteiger partial charge in [-0.2, -0.15) is 0 Å². The first kappa shape index (κ1) is 4.55. The van der Waals surface area contributed by atoms with Gasteiger partial charge in [0, 0.05) is 0 Å². The van der Waals surface area contributed by atoms with Crippen molar-refractivity contribution < 1.29 is 9.68 Å². The SMILES string of the molecule is CON1C=N[CH]O1. The first-order valence-corrected chi connectivity index (χ1v) is 1.78. The van der Waals surface area contributed by atoms with Gasteiger partial charge in [0.25, 0.3) is 0 Å². The van der Waals surface area contributed by atoms with Crippen LogP contribution in [0.4, 0.5) is 0 Å². The van der Waals surface area contributed by atoms with Crippen LogP contribution in [0.15, 0.2) is 4.99 Å². The van der Waals surface area contributed by atoms with Crippen LogP contribution in [-0.4, -0.2) is 18.7 Å². The third kappa shape index (κ3) is 0.880. The molecule has 0 saturated heterocycles. The Balaban J connectivity index is 2.28. The van der Waals surface area contributed by atoms with Gasteiger partial charge in [-0.15, -0.1) is 5.23 Å². The lowest BCUT2D eigenvalue weighted by atomic mass is 11.2. The molecular weight excluding hydrogens is 96.0 g/mol. The topological polar surface area (TPSA) is 34.1 Å². The van der Waals surface area contributed by atoms with Gasteiger partial charge in [0.2, 0.25) is 6.73 Å². The van der Waals surface area contributed by atoms with E-state index < -0.39 is 0 Å². The second-order valence-electron chi connectivity index (χ2n) is 0.943. The second-order valence-corrected chi connectivity index (χ2v) is 0.943. The first-order valence-electron chi connectivity index (χ1n) is 1.78. The molecule has 0 aromatic heterocycles. The third-order valence-corrected chi connectivity index (χ3v) is 0.553. The van der Waals surface area contributed by atoms with Crippen LogP contribution < -0.4 is 0 Å². The molecule has 0 fully saturated rings. The van der Waals surface area contributed by atoms with Crippen molar-refractivity contribution in [2.24, 2.45) is 4.99 Å². The van der Waals surface area contributed by atoms with E-state index in [1.165, 1.54) is 20.2 Å². The fraction of sp³-hybridized carbons (Fsp3) is 0.333. The van der Waals surface area contributed by atoms with Crippen LogP contribution in [0.5, 0.6) is 0 Å². The zero-order valence-electron chi connectivity index (χ0n) is 3.87. The molecule has 1 radical (unpaired) electrons. The summed E-state index contributed by atoms with van der Waals surface area (Å²) in [4.78, 5) is 12.7. The van der Waals surface area contributed by atoms with Crippen LogP contribution in [0, 0.1) is 6.73 Å². The Morgan fingerprint density at radius 1 is 1.86 bits per heavy atom. The van der Waals surface area contributed by atoms with Crippen LogP contribution in [0.3, 0.4) is 0 Å². The molecule has 0 aromatic rings. The van der Waals surface area contributed by atoms with E-state index in [9.17, 15) is 0 Å². The number of hydroxylamine groups is 2. The van der Waals surface area contributed by atoms with E-state index in [-0.39, 0.29) is 0 Å². The van der Waals surface area contributed by atoms with Gasteiger partial charge in [-0.1, -0.05) is 0 Å². The van der Waals surface area contributed by atoms with Crippen molar-refractivity contribution in [1.82, 2.24) is 5.23 Å². The number of nitrogens with zero attached hydrogens (tertiary/aromatic N) is 2. The lowest BCUT2D eigenvalue weighted by Crippen LogP contribution is -2.13. The summed E-state index contributed by atoms with van der Waals surface area (Å²) >= 11 is 0. The van der Waals surface area contributed by atoms with E-state index in [0.717, 1.165) is 5.23 Å². The average molecular weight is 101 g/mol. The van der Waals surface area contributed by atoms with E-state index >= 15 is 0 Å². The Morgan fingerprint density at radius 3 is 3.00 bits per heavy atom. The van der Waals surface area contributed by atoms with Crippen molar-refractivity contribution in [2.75, 3.05) is 7.11 Å². The van der Waals surface area contributed by atoms with E-state index in [4.69, 9.17) is 0 Å². The van der Waals surface area contributed by atoms with E-state index in [0.29, 0.717) is 0 Å². The van der Waals surface area contributed by atoms with Gasteiger partial charge in [-0.05, 0) is 0 Å². The van der Waals surface area contributed by atoms with Gasteiger partial charge in [0.1, 0.15) is 6.34 Å². The molecule has 1 aliphatic heterocycles. The molecule has 0 atom stereocenters. The largest absolute Gasteiger partial charge is 0.251 e. The quantitative estimate of drug-likeness (QED) is 0.464. The number of hydrogen-bond acceptors (Lipinski definition) is 4. The summed E-state index contributed by atoms with van der Waals surface area (Å²) in [6.45, 7) is 1.28. The Kier molecular flexibility index (Phi) is 1.24. The van der Waals surface area contributed by atoms with Crippen LogP contribution in [0.2, 0.25) is 0 Å². The second kappa shape index (κ2) is 1.90. The fourth-order valence-corrected chi connectivity index (χ4v) is 0.273. The zero-order valence-corrected chi connectivity index (χ0v) is 3.87. The normalized spacial score (nSPS) is 18.7. The number of rotatable bonds is 1. The Hall–Kier alpha value is -0.610. The Morgan fingerprint density at radius 2 is 2.71 bits per heavy atom. The first-order chi connectivity index (χ1) is 3.43. The van der Waals surface area contributed by atoms with E-state index in [1.54, 1.807) is 0 Å². The third-order valence-electron chi connectivity index (χ3n) is 0.553. The van der Waals surface area contributed by atoms with Crippen molar-refractivity contribution in [3.63, 3.8) is 0 Å². The van der Waals surface area contributed by atoms with Gasteiger partial charge in [-0.3, -0.25) is 4.84 Å². The summed E-state index contributed by atoms with van der Waals surface area (Å²) in [7, 11) is 1.49. The summed E-state index contributed by atoms with van der Waals surface area (Å²) in [6, 6.07) is 0. The van der Waals surface area contributed by atoms with Crippen molar-refractivity contribution in [3.8, 4) is 0 Å². The smallest absolute Gasteiger partial charge is 0.228 e. The predicted molar refractivity (Wildman–Crippen MR) is 22.7 cm³/mol. The standard InChI is InChI=1S/C3H5N2O2/c1-6-5-2-4-3-7-5/h2-3H,1H3. The van der Waals surface area contributed by atoms with Gasteiger partial charge in [-0.25, -0.2) is 9.83 Å². The molecule has 1 aliphatic rings. The maximum atomic E-state index is 4.57. The summed E-state index contributed by atoms with van der Waals surface area (Å²) in [5.41, 5.74) is 0. The van der Waals surface area contributed by atoms with Gasteiger partial charge in [0.05, 0.1) is 7.11 Å². The Bertz CT molecular complexity index is 83.0. The minimum atomic E-state index is 1.14. The molecule has 4 heteroatoms. The highest BCUT2D eigenvalue weighted by molar-refractivity contribution is 5.53. The van der Waals surface area contributed by atoms with Crippen molar-refractivity contribution in [2.45, 2.75) is 0 Å². The molecular formula is C3H5N2O2. The maximum Gasteiger partial charge on any atom is 0.228 e. The molecule has 0 aromatic carbocycles.